The fraction of sp³-hybridized carbons (Fsp3) is 0.526. The minimum absolute atomic E-state index is 0.541. The first-order valence-electron chi connectivity index (χ1n) is 8.78. The minimum Gasteiger partial charge on any atom is -0.374 e. The molecule has 0 saturated carbocycles. The summed E-state index contributed by atoms with van der Waals surface area (Å²) in [5.74, 6) is 2.72. The highest BCUT2D eigenvalue weighted by Crippen LogP contribution is 2.47. The maximum atomic E-state index is 6.08. The highest BCUT2D eigenvalue weighted by Gasteiger charge is 2.52. The zero-order valence-electron chi connectivity index (χ0n) is 13.3. The number of ether oxygens (including phenoxy) is 1. The molecule has 1 aromatic heterocycles. The van der Waals surface area contributed by atoms with Gasteiger partial charge in [-0.15, -0.1) is 0 Å². The molecule has 1 aromatic carbocycles. The highest BCUT2D eigenvalue weighted by atomic mass is 16.5. The van der Waals surface area contributed by atoms with Crippen molar-refractivity contribution in [2.24, 2.45) is 11.8 Å². The molecule has 3 aliphatic heterocycles. The van der Waals surface area contributed by atoms with Gasteiger partial charge in [0.1, 0.15) is 5.82 Å². The largest absolute Gasteiger partial charge is 0.374 e. The van der Waals surface area contributed by atoms with E-state index in [1.54, 1.807) is 0 Å². The van der Waals surface area contributed by atoms with Crippen LogP contribution in [0, 0.1) is 11.8 Å². The molecule has 3 fully saturated rings. The van der Waals surface area contributed by atoms with Crippen molar-refractivity contribution in [2.45, 2.75) is 38.1 Å². The Kier molecular flexibility index (Phi) is 3.27. The first-order chi connectivity index (χ1) is 11.4. The predicted octanol–water partition coefficient (Wildman–Crippen LogP) is 2.54. The third-order valence-electron chi connectivity index (χ3n) is 5.89. The lowest BCUT2D eigenvalue weighted by Crippen LogP contribution is -2.26. The fourth-order valence-electron chi connectivity index (χ4n) is 4.79. The van der Waals surface area contributed by atoms with Gasteiger partial charge in [-0.05, 0) is 18.4 Å². The summed E-state index contributed by atoms with van der Waals surface area (Å²) in [6, 6.07) is 10.6. The van der Waals surface area contributed by atoms with Gasteiger partial charge in [0.05, 0.1) is 18.8 Å². The summed E-state index contributed by atoms with van der Waals surface area (Å²) >= 11 is 0. The van der Waals surface area contributed by atoms with Gasteiger partial charge >= 0.3 is 0 Å². The zero-order chi connectivity index (χ0) is 15.2. The molecule has 3 aliphatic rings. The molecule has 2 aromatic rings. The second-order valence-corrected chi connectivity index (χ2v) is 7.27. The number of nitrogens with zero attached hydrogens (tertiary/aromatic N) is 3. The molecule has 0 N–H and O–H groups in total. The van der Waals surface area contributed by atoms with Crippen LogP contribution in [0.25, 0.3) is 0 Å². The van der Waals surface area contributed by atoms with Crippen LogP contribution in [0.15, 0.2) is 42.7 Å². The maximum Gasteiger partial charge on any atom is 0.123 e. The normalized spacial score (nSPS) is 32.5. The van der Waals surface area contributed by atoms with Gasteiger partial charge in [0.2, 0.25) is 0 Å². The second kappa shape index (κ2) is 5.46. The van der Waals surface area contributed by atoms with E-state index >= 15 is 0 Å². The van der Waals surface area contributed by atoms with Crippen molar-refractivity contribution in [1.29, 1.82) is 0 Å². The van der Waals surface area contributed by atoms with Gasteiger partial charge in [-0.25, -0.2) is 4.98 Å². The van der Waals surface area contributed by atoms with Crippen LogP contribution in [0.1, 0.15) is 24.2 Å². The van der Waals surface area contributed by atoms with Gasteiger partial charge in [-0.3, -0.25) is 4.90 Å². The fourth-order valence-corrected chi connectivity index (χ4v) is 4.79. The Morgan fingerprint density at radius 1 is 1.00 bits per heavy atom. The van der Waals surface area contributed by atoms with Crippen molar-refractivity contribution >= 4 is 0 Å². The first kappa shape index (κ1) is 13.8. The standard InChI is InChI=1S/C19H23N3O/c1-2-4-14(5-3-1)10-22-9-8-20-19(22)13-21-11-15-16(12-21)18-7-6-17(15)23-18/h1-5,8-9,15-18H,6-7,10-13H2/t15-,16+,17-,18+. The van der Waals surface area contributed by atoms with Crippen LogP contribution in [-0.2, 0) is 17.8 Å². The molecule has 4 heterocycles. The number of hydrogen-bond acceptors (Lipinski definition) is 3. The summed E-state index contributed by atoms with van der Waals surface area (Å²) < 4.78 is 8.36. The third-order valence-corrected chi connectivity index (χ3v) is 5.89. The zero-order valence-corrected chi connectivity index (χ0v) is 13.3. The molecule has 2 bridgehead atoms. The number of likely N-dealkylation sites (tertiary alicyclic amines) is 1. The molecule has 5 rings (SSSR count). The molecular formula is C19H23N3O. The Labute approximate surface area is 137 Å². The molecule has 4 nitrogen and oxygen atoms in total. The van der Waals surface area contributed by atoms with Crippen molar-refractivity contribution < 1.29 is 4.74 Å². The Morgan fingerprint density at radius 2 is 1.74 bits per heavy atom. The Morgan fingerprint density at radius 3 is 2.48 bits per heavy atom. The van der Waals surface area contributed by atoms with Crippen molar-refractivity contribution in [3.8, 4) is 0 Å². The Bertz CT molecular complexity index is 665. The quantitative estimate of drug-likeness (QED) is 0.869. The van der Waals surface area contributed by atoms with E-state index in [1.807, 2.05) is 6.20 Å². The van der Waals surface area contributed by atoms with Gasteiger partial charge in [0.25, 0.3) is 0 Å². The van der Waals surface area contributed by atoms with E-state index < -0.39 is 0 Å². The minimum atomic E-state index is 0.541. The number of hydrogen-bond donors (Lipinski definition) is 0. The summed E-state index contributed by atoms with van der Waals surface area (Å²) in [5.41, 5.74) is 1.33. The van der Waals surface area contributed by atoms with E-state index in [1.165, 1.54) is 37.3 Å². The van der Waals surface area contributed by atoms with Crippen LogP contribution in [0.4, 0.5) is 0 Å². The van der Waals surface area contributed by atoms with Crippen LogP contribution < -0.4 is 0 Å². The molecule has 0 unspecified atom stereocenters. The molecule has 3 saturated heterocycles. The Balaban J connectivity index is 1.28. The van der Waals surface area contributed by atoms with Crippen LogP contribution in [0.2, 0.25) is 0 Å². The number of aromatic nitrogens is 2. The Hall–Kier alpha value is -1.65. The van der Waals surface area contributed by atoms with Crippen LogP contribution in [0.3, 0.4) is 0 Å². The van der Waals surface area contributed by atoms with E-state index in [4.69, 9.17) is 4.74 Å². The van der Waals surface area contributed by atoms with Gasteiger partial charge in [-0.1, -0.05) is 30.3 Å². The van der Waals surface area contributed by atoms with Gasteiger partial charge in [0.15, 0.2) is 0 Å². The molecule has 0 aliphatic carbocycles. The summed E-state index contributed by atoms with van der Waals surface area (Å²) in [5, 5.41) is 0. The highest BCUT2D eigenvalue weighted by molar-refractivity contribution is 5.16. The van der Waals surface area contributed by atoms with E-state index in [-0.39, 0.29) is 0 Å². The average Bonchev–Trinajstić information content (AvgIpc) is 3.31. The van der Waals surface area contributed by atoms with Crippen molar-refractivity contribution in [3.63, 3.8) is 0 Å². The number of benzene rings is 1. The molecule has 4 atom stereocenters. The van der Waals surface area contributed by atoms with E-state index in [9.17, 15) is 0 Å². The third kappa shape index (κ3) is 2.41. The smallest absolute Gasteiger partial charge is 0.123 e. The van der Waals surface area contributed by atoms with Crippen molar-refractivity contribution in [3.05, 3.63) is 54.1 Å². The van der Waals surface area contributed by atoms with Gasteiger partial charge in [0, 0.05) is 43.9 Å². The number of imidazole rings is 1. The first-order valence-corrected chi connectivity index (χ1v) is 8.78. The van der Waals surface area contributed by atoms with Crippen molar-refractivity contribution in [1.82, 2.24) is 14.5 Å². The summed E-state index contributed by atoms with van der Waals surface area (Å²) in [7, 11) is 0. The monoisotopic (exact) mass is 309 g/mol. The SMILES string of the molecule is c1ccc(Cn2ccnc2CN2C[C@@H]3[C@H](C2)[C@@H]2CC[C@H]3O2)cc1. The molecule has 4 heteroatoms. The van der Waals surface area contributed by atoms with Gasteiger partial charge < -0.3 is 9.30 Å². The molecule has 23 heavy (non-hydrogen) atoms. The summed E-state index contributed by atoms with van der Waals surface area (Å²) in [4.78, 5) is 7.20. The van der Waals surface area contributed by atoms with Crippen LogP contribution >= 0.6 is 0 Å². The molecule has 0 amide bonds. The topological polar surface area (TPSA) is 30.3 Å². The lowest BCUT2D eigenvalue weighted by molar-refractivity contribution is 0.0692. The molecule has 0 spiro atoms. The molecule has 120 valence electrons. The average molecular weight is 309 g/mol. The van der Waals surface area contributed by atoms with Crippen LogP contribution in [0.5, 0.6) is 0 Å². The lowest BCUT2D eigenvalue weighted by atomic mass is 9.82. The van der Waals surface area contributed by atoms with Gasteiger partial charge in [-0.2, -0.15) is 0 Å². The summed E-state index contributed by atoms with van der Waals surface area (Å²) in [6.45, 7) is 4.24. The molecule has 0 radical (unpaired) electrons. The number of fused-ring (bicyclic) bond motifs is 5. The van der Waals surface area contributed by atoms with E-state index in [2.05, 4.69) is 51.0 Å². The van der Waals surface area contributed by atoms with E-state index in [0.29, 0.717) is 12.2 Å². The predicted molar refractivity (Wildman–Crippen MR) is 87.9 cm³/mol. The maximum absolute atomic E-state index is 6.08. The number of rotatable bonds is 4. The van der Waals surface area contributed by atoms with Crippen molar-refractivity contribution in [2.75, 3.05) is 13.1 Å². The van der Waals surface area contributed by atoms with Crippen LogP contribution in [-0.4, -0.2) is 39.7 Å². The molecular weight excluding hydrogens is 286 g/mol. The van der Waals surface area contributed by atoms with E-state index in [0.717, 1.165) is 24.9 Å². The summed E-state index contributed by atoms with van der Waals surface area (Å²) in [6.07, 6.45) is 7.68. The lowest BCUT2D eigenvalue weighted by Gasteiger charge is -2.18. The second-order valence-electron chi connectivity index (χ2n) is 7.27.